The quantitative estimate of drug-likeness (QED) is 0.447. The molecule has 2 N–H and O–H groups in total. The molecule has 6 heteroatoms. The molecule has 1 saturated heterocycles. The van der Waals surface area contributed by atoms with E-state index in [1.54, 1.807) is 0 Å². The number of carbonyl (C=O) groups is 1. The molecule has 2 unspecified atom stereocenters. The second kappa shape index (κ2) is 11.2. The smallest absolute Gasteiger partial charge is 0.407 e. The zero-order valence-electron chi connectivity index (χ0n) is 18.7. The number of hydrogen-bond donors (Lipinski definition) is 2. The first-order chi connectivity index (χ1) is 16.1. The Labute approximate surface area is 194 Å². The van der Waals surface area contributed by atoms with Gasteiger partial charge >= 0.3 is 6.09 Å². The normalized spacial score (nSPS) is 18.4. The second-order valence-electron chi connectivity index (χ2n) is 8.51. The summed E-state index contributed by atoms with van der Waals surface area (Å²) >= 11 is 0. The number of amides is 1. The number of carboxylic acid groups (broad SMARTS) is 1. The Morgan fingerprint density at radius 3 is 2.67 bits per heavy atom. The van der Waals surface area contributed by atoms with Gasteiger partial charge in [0.1, 0.15) is 5.75 Å². The molecular formula is C27H31NO5. The zero-order chi connectivity index (χ0) is 23.0. The number of aliphatic hydroxyl groups excluding tert-OH is 1. The van der Waals surface area contributed by atoms with E-state index >= 15 is 0 Å². The fourth-order valence-corrected chi connectivity index (χ4v) is 4.41. The van der Waals surface area contributed by atoms with Crippen LogP contribution in [-0.4, -0.2) is 53.6 Å². The first-order valence-electron chi connectivity index (χ1n) is 11.5. The van der Waals surface area contributed by atoms with Crippen molar-refractivity contribution in [1.82, 2.24) is 4.90 Å². The Balaban J connectivity index is 1.48. The van der Waals surface area contributed by atoms with Crippen LogP contribution in [0, 0.1) is 0 Å². The summed E-state index contributed by atoms with van der Waals surface area (Å²) in [6.45, 7) is 1.98. The Hall–Kier alpha value is -3.09. The Bertz CT molecular complexity index is 1070. The van der Waals surface area contributed by atoms with Crippen molar-refractivity contribution in [2.24, 2.45) is 0 Å². The van der Waals surface area contributed by atoms with Crippen molar-refractivity contribution < 1.29 is 24.5 Å². The van der Waals surface area contributed by atoms with Crippen molar-refractivity contribution in [1.29, 1.82) is 0 Å². The highest BCUT2D eigenvalue weighted by molar-refractivity contribution is 5.82. The van der Waals surface area contributed by atoms with Gasteiger partial charge in [-0.1, -0.05) is 48.5 Å². The van der Waals surface area contributed by atoms with E-state index < -0.39 is 6.09 Å². The van der Waals surface area contributed by atoms with E-state index in [4.69, 9.17) is 14.6 Å². The molecule has 4 rings (SSSR count). The van der Waals surface area contributed by atoms with Crippen LogP contribution >= 0.6 is 0 Å². The molecule has 1 aliphatic rings. The fourth-order valence-electron chi connectivity index (χ4n) is 4.41. The number of benzene rings is 3. The summed E-state index contributed by atoms with van der Waals surface area (Å²) in [6.07, 6.45) is 1.07. The topological polar surface area (TPSA) is 79.2 Å². The van der Waals surface area contributed by atoms with Crippen LogP contribution in [0.3, 0.4) is 0 Å². The van der Waals surface area contributed by atoms with E-state index in [0.29, 0.717) is 32.7 Å². The molecule has 0 bridgehead atoms. The van der Waals surface area contributed by atoms with Gasteiger partial charge in [-0.15, -0.1) is 0 Å². The summed E-state index contributed by atoms with van der Waals surface area (Å²) in [5.41, 5.74) is 2.17. The largest absolute Gasteiger partial charge is 0.494 e. The molecular weight excluding hydrogens is 418 g/mol. The van der Waals surface area contributed by atoms with E-state index in [0.717, 1.165) is 35.1 Å². The van der Waals surface area contributed by atoms with E-state index in [1.807, 2.05) is 30.3 Å². The standard InChI is InChI=1S/C27H31NO5/c29-14-3-4-15-32-24-9-5-8-23(17-24)25-12-13-28(27(30)31)18-26(25)33-19-20-10-11-21-6-1-2-7-22(21)16-20/h1-2,5-11,16-17,25-26,29H,3-4,12-15,18-19H2,(H,30,31). The van der Waals surface area contributed by atoms with Gasteiger partial charge in [0.15, 0.2) is 0 Å². The van der Waals surface area contributed by atoms with Crippen LogP contribution in [0.5, 0.6) is 5.75 Å². The Morgan fingerprint density at radius 1 is 1.00 bits per heavy atom. The molecule has 0 radical (unpaired) electrons. The van der Waals surface area contributed by atoms with Crippen molar-refractivity contribution in [3.63, 3.8) is 0 Å². The highest BCUT2D eigenvalue weighted by Crippen LogP contribution is 2.33. The van der Waals surface area contributed by atoms with Gasteiger partial charge in [-0.3, -0.25) is 0 Å². The molecule has 3 aromatic rings. The lowest BCUT2D eigenvalue weighted by molar-refractivity contribution is -0.0199. The molecule has 33 heavy (non-hydrogen) atoms. The third-order valence-corrected chi connectivity index (χ3v) is 6.22. The molecule has 1 amide bonds. The van der Waals surface area contributed by atoms with Gasteiger partial charge in [-0.05, 0) is 59.4 Å². The van der Waals surface area contributed by atoms with Crippen molar-refractivity contribution >= 4 is 16.9 Å². The maximum atomic E-state index is 11.6. The van der Waals surface area contributed by atoms with Crippen LogP contribution in [0.4, 0.5) is 4.79 Å². The highest BCUT2D eigenvalue weighted by atomic mass is 16.5. The van der Waals surface area contributed by atoms with Crippen LogP contribution in [0.15, 0.2) is 66.7 Å². The van der Waals surface area contributed by atoms with Gasteiger partial charge in [0.2, 0.25) is 0 Å². The molecule has 2 atom stereocenters. The number of ether oxygens (including phenoxy) is 2. The minimum absolute atomic E-state index is 0.0852. The fraction of sp³-hybridized carbons (Fsp3) is 0.370. The summed E-state index contributed by atoms with van der Waals surface area (Å²) in [5, 5.41) is 20.8. The summed E-state index contributed by atoms with van der Waals surface area (Å²) < 4.78 is 12.2. The van der Waals surface area contributed by atoms with Gasteiger partial charge in [-0.25, -0.2) is 4.79 Å². The third-order valence-electron chi connectivity index (χ3n) is 6.22. The lowest BCUT2D eigenvalue weighted by atomic mass is 9.87. The average Bonchev–Trinajstić information content (AvgIpc) is 2.85. The number of likely N-dealkylation sites (tertiary alicyclic amines) is 1. The van der Waals surface area contributed by atoms with Crippen molar-refractivity contribution in [3.8, 4) is 5.75 Å². The lowest BCUT2D eigenvalue weighted by Gasteiger charge is -2.37. The monoisotopic (exact) mass is 449 g/mol. The molecule has 0 aliphatic carbocycles. The van der Waals surface area contributed by atoms with Crippen molar-refractivity contribution in [3.05, 3.63) is 77.9 Å². The number of nitrogens with zero attached hydrogens (tertiary/aromatic N) is 1. The highest BCUT2D eigenvalue weighted by Gasteiger charge is 2.33. The van der Waals surface area contributed by atoms with E-state index in [-0.39, 0.29) is 18.6 Å². The van der Waals surface area contributed by atoms with Gasteiger partial charge < -0.3 is 24.6 Å². The number of piperidine rings is 1. The maximum Gasteiger partial charge on any atom is 0.407 e. The maximum absolute atomic E-state index is 11.6. The predicted molar refractivity (Wildman–Crippen MR) is 128 cm³/mol. The van der Waals surface area contributed by atoms with Crippen LogP contribution in [0.25, 0.3) is 10.8 Å². The molecule has 0 aromatic heterocycles. The summed E-state index contributed by atoms with van der Waals surface area (Å²) in [7, 11) is 0. The van der Waals surface area contributed by atoms with E-state index in [2.05, 4.69) is 36.4 Å². The first-order valence-corrected chi connectivity index (χ1v) is 11.5. The van der Waals surface area contributed by atoms with Crippen molar-refractivity contribution in [2.45, 2.75) is 37.9 Å². The van der Waals surface area contributed by atoms with E-state index in [9.17, 15) is 9.90 Å². The molecule has 174 valence electrons. The number of fused-ring (bicyclic) bond motifs is 1. The molecule has 1 heterocycles. The Morgan fingerprint density at radius 2 is 1.85 bits per heavy atom. The van der Waals surface area contributed by atoms with Gasteiger partial charge in [0.25, 0.3) is 0 Å². The molecule has 0 spiro atoms. The van der Waals surface area contributed by atoms with Gasteiger partial charge in [-0.2, -0.15) is 0 Å². The summed E-state index contributed by atoms with van der Waals surface area (Å²) in [6, 6.07) is 22.5. The van der Waals surface area contributed by atoms with Crippen LogP contribution in [-0.2, 0) is 11.3 Å². The number of hydrogen-bond acceptors (Lipinski definition) is 4. The molecule has 1 aliphatic heterocycles. The Kier molecular flexibility index (Phi) is 7.81. The third kappa shape index (κ3) is 6.03. The van der Waals surface area contributed by atoms with Gasteiger partial charge in [0, 0.05) is 19.1 Å². The summed E-state index contributed by atoms with van der Waals surface area (Å²) in [5.74, 6) is 0.876. The average molecular weight is 450 g/mol. The van der Waals surface area contributed by atoms with E-state index in [1.165, 1.54) is 10.3 Å². The second-order valence-corrected chi connectivity index (χ2v) is 8.51. The van der Waals surface area contributed by atoms with Crippen LogP contribution < -0.4 is 4.74 Å². The molecule has 0 saturated carbocycles. The molecule has 6 nitrogen and oxygen atoms in total. The van der Waals surface area contributed by atoms with Crippen molar-refractivity contribution in [2.75, 3.05) is 26.3 Å². The lowest BCUT2D eigenvalue weighted by Crippen LogP contribution is -2.46. The number of unbranched alkanes of at least 4 members (excludes halogenated alkanes) is 1. The molecule has 3 aromatic carbocycles. The SMILES string of the molecule is O=C(O)N1CCC(c2cccc(OCCCCO)c2)C(OCc2ccc3ccccc3c2)C1. The minimum atomic E-state index is -0.909. The summed E-state index contributed by atoms with van der Waals surface area (Å²) in [4.78, 5) is 13.1. The van der Waals surface area contributed by atoms with Crippen LogP contribution in [0.2, 0.25) is 0 Å². The number of aliphatic hydroxyl groups is 1. The first kappa shape index (κ1) is 23.1. The van der Waals surface area contributed by atoms with Gasteiger partial charge in [0.05, 0.1) is 25.9 Å². The predicted octanol–water partition coefficient (Wildman–Crippen LogP) is 5.04. The van der Waals surface area contributed by atoms with Crippen LogP contribution in [0.1, 0.15) is 36.3 Å². The number of rotatable bonds is 9. The zero-order valence-corrected chi connectivity index (χ0v) is 18.7. The minimum Gasteiger partial charge on any atom is -0.494 e. The molecule has 1 fully saturated rings.